The Labute approximate surface area is 442 Å². The first-order valence-electron chi connectivity index (χ1n) is 28.3. The van der Waals surface area contributed by atoms with Crippen molar-refractivity contribution in [1.82, 2.24) is 4.48 Å². The molecular weight excluding hydrogens is 920 g/mol. The molecule has 0 radical (unpaired) electrons. The van der Waals surface area contributed by atoms with Crippen molar-refractivity contribution in [3.63, 3.8) is 0 Å². The number of hydrogen-bond donors (Lipinski definition) is 0. The lowest BCUT2D eigenvalue weighted by Gasteiger charge is -2.57. The van der Waals surface area contributed by atoms with Crippen LogP contribution in [0.25, 0.3) is 44.1 Å². The summed E-state index contributed by atoms with van der Waals surface area (Å²) in [5.41, 5.74) is 21.6. The van der Waals surface area contributed by atoms with Gasteiger partial charge in [-0.3, -0.25) is 0 Å². The molecule has 4 heterocycles. The predicted molar refractivity (Wildman–Crippen MR) is 310 cm³/mol. The van der Waals surface area contributed by atoms with Crippen LogP contribution in [0.1, 0.15) is 128 Å². The van der Waals surface area contributed by atoms with Gasteiger partial charge in [-0.15, -0.1) is 0 Å². The Morgan fingerprint density at radius 2 is 1.15 bits per heavy atom. The molecule has 0 saturated heterocycles. The first-order chi connectivity index (χ1) is 35.3. The highest BCUT2D eigenvalue weighted by atomic mass is 32.2. The Kier molecular flexibility index (Phi) is 9.39. The van der Waals surface area contributed by atoms with E-state index in [4.69, 9.17) is 0 Å². The maximum atomic E-state index is 2.89. The first-order valence-corrected chi connectivity index (χ1v) is 29.9. The molecule has 6 saturated carbocycles. The van der Waals surface area contributed by atoms with Crippen LogP contribution in [0.3, 0.4) is 0 Å². The second kappa shape index (κ2) is 15.5. The third-order valence-corrected chi connectivity index (χ3v) is 22.8. The highest BCUT2D eigenvalue weighted by Crippen LogP contribution is 2.62. The van der Waals surface area contributed by atoms with Crippen LogP contribution in [0.15, 0.2) is 147 Å². The molecule has 2 atom stereocenters. The smallest absolute Gasteiger partial charge is 0.333 e. The Bertz CT molecular complexity index is 3610. The molecule has 5 heteroatoms. The zero-order chi connectivity index (χ0) is 48.9. The van der Waals surface area contributed by atoms with Crippen LogP contribution in [0.4, 0.5) is 17.1 Å². The molecule has 0 spiro atoms. The van der Waals surface area contributed by atoms with Crippen molar-refractivity contribution >= 4 is 80.2 Å². The molecule has 364 valence electrons. The zero-order valence-electron chi connectivity index (χ0n) is 43.7. The molecule has 73 heavy (non-hydrogen) atoms. The van der Waals surface area contributed by atoms with Gasteiger partial charge in [0.25, 0.3) is 0 Å². The lowest BCUT2D eigenvalue weighted by atomic mass is 9.45. The van der Waals surface area contributed by atoms with Gasteiger partial charge in [0.1, 0.15) is 0 Å². The second-order valence-corrected chi connectivity index (χ2v) is 28.7. The van der Waals surface area contributed by atoms with Gasteiger partial charge in [0.05, 0.1) is 5.69 Å². The Balaban J connectivity index is 1.00. The lowest BCUT2D eigenvalue weighted by Crippen LogP contribution is -2.57. The summed E-state index contributed by atoms with van der Waals surface area (Å²) in [7, 11) is 0. The fraction of sp³-hybridized carbons (Fsp3) is 0.382. The van der Waals surface area contributed by atoms with E-state index in [-0.39, 0.29) is 17.7 Å². The monoisotopic (exact) mass is 986 g/mol. The van der Waals surface area contributed by atoms with Crippen molar-refractivity contribution in [1.29, 1.82) is 0 Å². The molecule has 6 bridgehead atoms. The van der Waals surface area contributed by atoms with Gasteiger partial charge in [-0.1, -0.05) is 119 Å². The minimum Gasteiger partial charge on any atom is -0.375 e. The number of aryl methyl sites for hydroxylation is 1. The summed E-state index contributed by atoms with van der Waals surface area (Å²) in [6, 6.07) is 51.7. The normalized spacial score (nSPS) is 28.0. The molecule has 9 aliphatic rings. The van der Waals surface area contributed by atoms with Crippen LogP contribution in [-0.2, 0) is 16.2 Å². The molecule has 2 nitrogen and oxygen atoms in total. The first kappa shape index (κ1) is 44.2. The van der Waals surface area contributed by atoms with Crippen molar-refractivity contribution in [3.05, 3.63) is 150 Å². The predicted octanol–water partition coefficient (Wildman–Crippen LogP) is 17.7. The summed E-state index contributed by atoms with van der Waals surface area (Å²) >= 11 is 3.91. The average molecular weight is 987 g/mol. The topological polar surface area (TPSA) is 8.17 Å². The zero-order valence-corrected chi connectivity index (χ0v) is 45.3. The van der Waals surface area contributed by atoms with Crippen LogP contribution in [0.5, 0.6) is 0 Å². The molecular formula is C68H67BN2S2. The molecule has 2 unspecified atom stereocenters. The number of hydrogen-bond acceptors (Lipinski definition) is 3. The Hall–Kier alpha value is -5.10. The molecule has 8 aromatic rings. The van der Waals surface area contributed by atoms with Gasteiger partial charge in [0, 0.05) is 63.9 Å². The van der Waals surface area contributed by atoms with Crippen LogP contribution in [0, 0.1) is 42.4 Å². The van der Waals surface area contributed by atoms with Gasteiger partial charge < -0.3 is 9.38 Å². The number of aromatic nitrogens is 1. The average Bonchev–Trinajstić information content (AvgIpc) is 3.70. The summed E-state index contributed by atoms with van der Waals surface area (Å²) in [5.74, 6) is 5.06. The maximum absolute atomic E-state index is 2.89. The van der Waals surface area contributed by atoms with E-state index in [1.165, 1.54) is 173 Å². The van der Waals surface area contributed by atoms with E-state index in [0.29, 0.717) is 5.41 Å². The number of rotatable bonds is 4. The largest absolute Gasteiger partial charge is 0.375 e. The van der Waals surface area contributed by atoms with Crippen molar-refractivity contribution in [2.75, 3.05) is 4.90 Å². The third-order valence-electron chi connectivity index (χ3n) is 20.3. The number of nitrogens with zero attached hydrogens (tertiary/aromatic N) is 2. The van der Waals surface area contributed by atoms with Crippen LogP contribution >= 0.6 is 23.5 Å². The second-order valence-electron chi connectivity index (χ2n) is 26.5. The minimum atomic E-state index is -0.000608. The molecule has 6 aliphatic carbocycles. The van der Waals surface area contributed by atoms with E-state index >= 15 is 0 Å². The molecule has 7 aromatic carbocycles. The van der Waals surface area contributed by atoms with E-state index in [9.17, 15) is 0 Å². The van der Waals surface area contributed by atoms with Gasteiger partial charge >= 0.3 is 6.85 Å². The van der Waals surface area contributed by atoms with Crippen molar-refractivity contribution in [2.24, 2.45) is 35.5 Å². The van der Waals surface area contributed by atoms with Gasteiger partial charge in [-0.2, -0.15) is 0 Å². The van der Waals surface area contributed by atoms with Crippen LogP contribution in [-0.4, -0.2) is 11.3 Å². The van der Waals surface area contributed by atoms with Crippen LogP contribution in [0.2, 0.25) is 0 Å². The minimum absolute atomic E-state index is 0.000608. The Morgan fingerprint density at radius 3 is 1.84 bits per heavy atom. The molecule has 0 amide bonds. The molecule has 6 fully saturated rings. The lowest BCUT2D eigenvalue weighted by molar-refractivity contribution is -0.00512. The van der Waals surface area contributed by atoms with Crippen molar-refractivity contribution in [2.45, 2.75) is 148 Å². The van der Waals surface area contributed by atoms with E-state index in [0.717, 1.165) is 35.5 Å². The van der Waals surface area contributed by atoms with Gasteiger partial charge in [-0.25, -0.2) is 0 Å². The molecule has 3 aliphatic heterocycles. The number of benzene rings is 7. The van der Waals surface area contributed by atoms with Crippen molar-refractivity contribution < 1.29 is 0 Å². The molecule has 17 rings (SSSR count). The quantitative estimate of drug-likeness (QED) is 0.163. The third kappa shape index (κ3) is 6.52. The summed E-state index contributed by atoms with van der Waals surface area (Å²) in [5, 5.41) is 3.01. The van der Waals surface area contributed by atoms with E-state index in [1.807, 2.05) is 23.5 Å². The van der Waals surface area contributed by atoms with E-state index in [1.54, 1.807) is 11.1 Å². The number of fused-ring (bicyclic) bond motifs is 11. The highest BCUT2D eigenvalue weighted by Gasteiger charge is 2.53. The summed E-state index contributed by atoms with van der Waals surface area (Å²) in [6.07, 6.45) is 15.4. The number of anilines is 3. The maximum Gasteiger partial charge on any atom is 0.333 e. The van der Waals surface area contributed by atoms with Gasteiger partial charge in [0.15, 0.2) is 0 Å². The van der Waals surface area contributed by atoms with Crippen molar-refractivity contribution in [3.8, 4) is 22.3 Å². The Morgan fingerprint density at radius 1 is 0.521 bits per heavy atom. The summed E-state index contributed by atoms with van der Waals surface area (Å²) in [6.45, 7) is 14.6. The highest BCUT2D eigenvalue weighted by molar-refractivity contribution is 8.05. The summed E-state index contributed by atoms with van der Waals surface area (Å²) < 4.78 is 2.89. The standard InChI is InChI=1S/C68H67BN2S2/c1-39-22-52-54-30-49(67-33-40(2)20-42(35-67)21-41(3)34-67)29-53-51-28-48(68-36-43-24-44(37-68)26-45(25-43)38-68)17-19-57(51)71(65(53)54)69-55-31-62-63(73-61-15-11-10-14-60(61)72-62)32-58(55)70(59(23-39)64(52)69)56-18-16-47(66(4,5)6)27-50(56)46-12-8-7-9-13-46/h7-19,22-23,27-32,40-45H,20-21,24-26,33-38H2,1-6H3. The molecule has 1 aromatic heterocycles. The van der Waals surface area contributed by atoms with Gasteiger partial charge in [-0.05, 0) is 240 Å². The van der Waals surface area contributed by atoms with Gasteiger partial charge in [0.2, 0.25) is 0 Å². The fourth-order valence-electron chi connectivity index (χ4n) is 18.1. The molecule has 0 N–H and O–H groups in total. The SMILES string of the molecule is Cc1cc2c3c(c1)N(c1ccc(C(C)(C)C)cc1-c1ccccc1)c1cc4c(cc1B3n1c3ccc(C56CC7CC(CC(C7)C5)C6)cc3c3cc(C56CC(C)CC(CC(C)C5)C6)cc-2c31)Sc1ccccc1S4. The van der Waals surface area contributed by atoms with Crippen LogP contribution < -0.4 is 15.8 Å². The summed E-state index contributed by atoms with van der Waals surface area (Å²) in [4.78, 5) is 8.14. The van der Waals surface area contributed by atoms with E-state index in [2.05, 4.69) is 178 Å². The fourth-order valence-corrected chi connectivity index (χ4v) is 20.4. The van der Waals surface area contributed by atoms with E-state index < -0.39 is 0 Å².